The molecule has 2 aromatic carbocycles. The molecule has 0 atom stereocenters. The number of benzene rings is 2. The van der Waals surface area contributed by atoms with E-state index in [9.17, 15) is 0 Å². The highest BCUT2D eigenvalue weighted by Gasteiger charge is 2.05. The first-order valence-corrected chi connectivity index (χ1v) is 7.15. The van der Waals surface area contributed by atoms with Crippen LogP contribution in [-0.4, -0.2) is 0 Å². The van der Waals surface area contributed by atoms with E-state index in [1.807, 2.05) is 19.1 Å². The topological polar surface area (TPSA) is 38.0 Å². The van der Waals surface area contributed by atoms with Crippen molar-refractivity contribution in [1.29, 1.82) is 0 Å². The third-order valence-electron chi connectivity index (χ3n) is 2.81. The zero-order chi connectivity index (χ0) is 13.3. The fraction of sp³-hybridized carbons (Fsp3) is 0.143. The summed E-state index contributed by atoms with van der Waals surface area (Å²) < 4.78 is 2.05. The normalized spacial score (nSPS) is 10.4. The Bertz CT molecular complexity index is 595. The summed E-state index contributed by atoms with van der Waals surface area (Å²) in [6.45, 7) is 4.06. The maximum absolute atomic E-state index is 5.86. The summed E-state index contributed by atoms with van der Waals surface area (Å²) in [5, 5.41) is 3.38. The lowest BCUT2D eigenvalue weighted by molar-refractivity contribution is 1.40. The van der Waals surface area contributed by atoms with Crippen LogP contribution >= 0.6 is 31.9 Å². The number of nitrogen functional groups attached to an aromatic ring is 1. The van der Waals surface area contributed by atoms with Crippen LogP contribution in [0.2, 0.25) is 0 Å². The van der Waals surface area contributed by atoms with Crippen LogP contribution < -0.4 is 11.1 Å². The SMILES string of the molecule is Cc1cc(Nc2ccc(C)c(Br)c2)c(Br)cc1N. The Hall–Kier alpha value is -1.00. The fourth-order valence-corrected chi connectivity index (χ4v) is 2.46. The van der Waals surface area contributed by atoms with Gasteiger partial charge >= 0.3 is 0 Å². The Labute approximate surface area is 124 Å². The molecule has 0 saturated carbocycles. The van der Waals surface area contributed by atoms with E-state index < -0.39 is 0 Å². The van der Waals surface area contributed by atoms with E-state index in [0.29, 0.717) is 0 Å². The Balaban J connectivity index is 2.34. The molecule has 4 heteroatoms. The molecule has 0 amide bonds. The molecule has 0 unspecified atom stereocenters. The Morgan fingerprint density at radius 2 is 1.67 bits per heavy atom. The fourth-order valence-electron chi connectivity index (χ4n) is 1.62. The van der Waals surface area contributed by atoms with Gasteiger partial charge in [0.2, 0.25) is 0 Å². The molecule has 18 heavy (non-hydrogen) atoms. The summed E-state index contributed by atoms with van der Waals surface area (Å²) in [5.41, 5.74) is 11.0. The predicted octanol–water partition coefficient (Wildman–Crippen LogP) is 5.15. The van der Waals surface area contributed by atoms with Crippen molar-refractivity contribution in [3.8, 4) is 0 Å². The van der Waals surface area contributed by atoms with Gasteiger partial charge in [0, 0.05) is 20.3 Å². The molecule has 2 aromatic rings. The van der Waals surface area contributed by atoms with Crippen molar-refractivity contribution in [3.05, 3.63) is 50.4 Å². The van der Waals surface area contributed by atoms with Crippen molar-refractivity contribution >= 4 is 48.9 Å². The van der Waals surface area contributed by atoms with E-state index in [4.69, 9.17) is 5.73 Å². The van der Waals surface area contributed by atoms with E-state index in [1.165, 1.54) is 5.56 Å². The van der Waals surface area contributed by atoms with Crippen molar-refractivity contribution in [1.82, 2.24) is 0 Å². The van der Waals surface area contributed by atoms with Gasteiger partial charge in [-0.15, -0.1) is 0 Å². The lowest BCUT2D eigenvalue weighted by atomic mass is 10.1. The molecule has 0 aliphatic heterocycles. The second-order valence-corrected chi connectivity index (χ2v) is 5.99. The molecule has 2 nitrogen and oxygen atoms in total. The van der Waals surface area contributed by atoms with E-state index >= 15 is 0 Å². The molecule has 2 rings (SSSR count). The van der Waals surface area contributed by atoms with Gasteiger partial charge < -0.3 is 11.1 Å². The molecule has 0 fully saturated rings. The van der Waals surface area contributed by atoms with Crippen LogP contribution in [-0.2, 0) is 0 Å². The molecule has 3 N–H and O–H groups in total. The first-order chi connectivity index (χ1) is 8.47. The molecule has 0 aromatic heterocycles. The molecule has 0 radical (unpaired) electrons. The second kappa shape index (κ2) is 5.33. The maximum Gasteiger partial charge on any atom is 0.0532 e. The van der Waals surface area contributed by atoms with Crippen LogP contribution in [0.5, 0.6) is 0 Å². The summed E-state index contributed by atoms with van der Waals surface area (Å²) in [5.74, 6) is 0. The van der Waals surface area contributed by atoms with Crippen LogP contribution in [0.25, 0.3) is 0 Å². The van der Waals surface area contributed by atoms with Crippen molar-refractivity contribution in [2.24, 2.45) is 0 Å². The average Bonchev–Trinajstić information content (AvgIpc) is 2.31. The molecule has 0 spiro atoms. The van der Waals surface area contributed by atoms with Gasteiger partial charge in [-0.1, -0.05) is 22.0 Å². The number of nitrogens with one attached hydrogen (secondary N) is 1. The number of hydrogen-bond donors (Lipinski definition) is 2. The van der Waals surface area contributed by atoms with Crippen LogP contribution in [0.1, 0.15) is 11.1 Å². The highest BCUT2D eigenvalue weighted by molar-refractivity contribution is 9.11. The van der Waals surface area contributed by atoms with Crippen LogP contribution in [0, 0.1) is 13.8 Å². The molecular weight excluding hydrogens is 356 g/mol. The number of halogens is 2. The number of rotatable bonds is 2. The zero-order valence-electron chi connectivity index (χ0n) is 10.2. The smallest absolute Gasteiger partial charge is 0.0532 e. The second-order valence-electron chi connectivity index (χ2n) is 4.28. The molecule has 0 bridgehead atoms. The van der Waals surface area contributed by atoms with Crippen molar-refractivity contribution < 1.29 is 0 Å². The number of hydrogen-bond acceptors (Lipinski definition) is 2. The minimum Gasteiger partial charge on any atom is -0.398 e. The lowest BCUT2D eigenvalue weighted by Crippen LogP contribution is -1.96. The molecule has 94 valence electrons. The van der Waals surface area contributed by atoms with Gasteiger partial charge in [0.15, 0.2) is 0 Å². The van der Waals surface area contributed by atoms with E-state index in [1.54, 1.807) is 0 Å². The van der Waals surface area contributed by atoms with Gasteiger partial charge in [0.25, 0.3) is 0 Å². The molecule has 0 saturated heterocycles. The molecule has 0 aliphatic carbocycles. The third kappa shape index (κ3) is 2.87. The minimum atomic E-state index is 0.789. The third-order valence-corrected chi connectivity index (χ3v) is 4.32. The van der Waals surface area contributed by atoms with Gasteiger partial charge in [-0.05, 0) is 65.2 Å². The molecule has 0 aliphatic rings. The molecular formula is C14H14Br2N2. The quantitative estimate of drug-likeness (QED) is 0.718. The van der Waals surface area contributed by atoms with E-state index in [2.05, 4.69) is 62.3 Å². The van der Waals surface area contributed by atoms with Gasteiger partial charge in [-0.2, -0.15) is 0 Å². The Morgan fingerprint density at radius 3 is 2.33 bits per heavy atom. The predicted molar refractivity (Wildman–Crippen MR) is 85.5 cm³/mol. The number of anilines is 3. The van der Waals surface area contributed by atoms with Gasteiger partial charge in [-0.25, -0.2) is 0 Å². The highest BCUT2D eigenvalue weighted by atomic mass is 79.9. The Kier molecular flexibility index (Phi) is 3.97. The summed E-state index contributed by atoms with van der Waals surface area (Å²) >= 11 is 7.05. The summed E-state index contributed by atoms with van der Waals surface area (Å²) in [6.07, 6.45) is 0. The van der Waals surface area contributed by atoms with Crippen LogP contribution in [0.4, 0.5) is 17.1 Å². The monoisotopic (exact) mass is 368 g/mol. The maximum atomic E-state index is 5.86. The summed E-state index contributed by atoms with van der Waals surface area (Å²) in [7, 11) is 0. The first kappa shape index (κ1) is 13.4. The number of aryl methyl sites for hydroxylation is 2. The largest absolute Gasteiger partial charge is 0.398 e. The van der Waals surface area contributed by atoms with Crippen LogP contribution in [0.15, 0.2) is 39.3 Å². The van der Waals surface area contributed by atoms with Gasteiger partial charge in [-0.3, -0.25) is 0 Å². The Morgan fingerprint density at radius 1 is 0.944 bits per heavy atom. The van der Waals surface area contributed by atoms with Crippen LogP contribution in [0.3, 0.4) is 0 Å². The van der Waals surface area contributed by atoms with E-state index in [-0.39, 0.29) is 0 Å². The number of nitrogens with two attached hydrogens (primary N) is 1. The standard InChI is InChI=1S/C14H14Br2N2/c1-8-3-4-10(6-11(8)15)18-14-5-9(2)13(17)7-12(14)16/h3-7,18H,17H2,1-2H3. The van der Waals surface area contributed by atoms with E-state index in [0.717, 1.165) is 31.6 Å². The van der Waals surface area contributed by atoms with Crippen molar-refractivity contribution in [2.75, 3.05) is 11.1 Å². The van der Waals surface area contributed by atoms with Gasteiger partial charge in [0.05, 0.1) is 5.69 Å². The summed E-state index contributed by atoms with van der Waals surface area (Å²) in [4.78, 5) is 0. The lowest BCUT2D eigenvalue weighted by Gasteiger charge is -2.12. The molecule has 0 heterocycles. The van der Waals surface area contributed by atoms with Crippen molar-refractivity contribution in [3.63, 3.8) is 0 Å². The van der Waals surface area contributed by atoms with Crippen molar-refractivity contribution in [2.45, 2.75) is 13.8 Å². The first-order valence-electron chi connectivity index (χ1n) is 5.56. The van der Waals surface area contributed by atoms with Gasteiger partial charge in [0.1, 0.15) is 0 Å². The summed E-state index contributed by atoms with van der Waals surface area (Å²) in [6, 6.07) is 10.1. The zero-order valence-corrected chi connectivity index (χ0v) is 13.4. The highest BCUT2D eigenvalue weighted by Crippen LogP contribution is 2.31. The minimum absolute atomic E-state index is 0.789. The average molecular weight is 370 g/mol.